The number of amides is 1. The Morgan fingerprint density at radius 2 is 2.44 bits per heavy atom. The number of pyridine rings is 1. The van der Waals surface area contributed by atoms with Crippen LogP contribution in [0.5, 0.6) is 0 Å². The molecule has 3 heterocycles. The second-order valence-electron chi connectivity index (χ2n) is 6.46. The molecular weight excluding hydrogens is 316 g/mol. The molecule has 1 fully saturated rings. The third-order valence-corrected chi connectivity index (χ3v) is 5.01. The average molecular weight is 336 g/mol. The van der Waals surface area contributed by atoms with Crippen molar-refractivity contribution in [2.24, 2.45) is 5.92 Å². The second-order valence-corrected chi connectivity index (χ2v) is 6.46. The molecular formula is C18H20N6O. The lowest BCUT2D eigenvalue weighted by atomic mass is 9.91. The number of hydrogen-bond acceptors (Lipinski definition) is 4. The first-order valence-electron chi connectivity index (χ1n) is 8.28. The Morgan fingerprint density at radius 1 is 1.64 bits per heavy atom. The molecule has 0 radical (unpaired) electrons. The number of aromatic amines is 1. The number of likely N-dealkylation sites (tertiary alicyclic amines) is 1. The lowest BCUT2D eigenvalue weighted by Gasteiger charge is -2.43. The maximum Gasteiger partial charge on any atom is 0.236 e. The van der Waals surface area contributed by atoms with Gasteiger partial charge < -0.3 is 14.8 Å². The van der Waals surface area contributed by atoms with Crippen molar-refractivity contribution >= 4 is 28.3 Å². The molecule has 0 bridgehead atoms. The number of carbonyl (C=O) groups is 1. The van der Waals surface area contributed by atoms with Crippen LogP contribution in [0, 0.1) is 23.8 Å². The molecule has 2 atom stereocenters. The van der Waals surface area contributed by atoms with Gasteiger partial charge in [-0.05, 0) is 18.4 Å². The van der Waals surface area contributed by atoms with E-state index in [0.29, 0.717) is 24.7 Å². The highest BCUT2D eigenvalue weighted by Gasteiger charge is 2.32. The molecule has 0 saturated carbocycles. The van der Waals surface area contributed by atoms with E-state index in [9.17, 15) is 4.79 Å². The highest BCUT2D eigenvalue weighted by atomic mass is 16.2. The summed E-state index contributed by atoms with van der Waals surface area (Å²) in [6.07, 6.45) is 4.19. The minimum atomic E-state index is -0.125. The molecule has 1 amide bonds. The SMILES string of the molecule is [C-]#[N+]c1cnc2[nH]ccc2c1N(C)C1CN(C(=O)CC#N)CC[C@H]1C. The minimum absolute atomic E-state index is 0.0809. The van der Waals surface area contributed by atoms with E-state index in [-0.39, 0.29) is 18.4 Å². The molecule has 1 aliphatic rings. The van der Waals surface area contributed by atoms with Crippen molar-refractivity contribution < 1.29 is 4.79 Å². The van der Waals surface area contributed by atoms with Crippen LogP contribution in [0.2, 0.25) is 0 Å². The van der Waals surface area contributed by atoms with Crippen molar-refractivity contribution in [1.82, 2.24) is 14.9 Å². The number of hydrogen-bond donors (Lipinski definition) is 1. The summed E-state index contributed by atoms with van der Waals surface area (Å²) >= 11 is 0. The molecule has 25 heavy (non-hydrogen) atoms. The first-order valence-corrected chi connectivity index (χ1v) is 8.28. The third-order valence-electron chi connectivity index (χ3n) is 5.01. The lowest BCUT2D eigenvalue weighted by molar-refractivity contribution is -0.131. The van der Waals surface area contributed by atoms with Gasteiger partial charge in [0.25, 0.3) is 0 Å². The number of likely N-dealkylation sites (N-methyl/N-ethyl adjacent to an activating group) is 1. The number of rotatable bonds is 3. The molecule has 0 aromatic carbocycles. The minimum Gasteiger partial charge on any atom is -0.378 e. The van der Waals surface area contributed by atoms with E-state index < -0.39 is 0 Å². The highest BCUT2D eigenvalue weighted by Crippen LogP contribution is 2.37. The Morgan fingerprint density at radius 3 is 3.16 bits per heavy atom. The number of nitriles is 1. The zero-order valence-corrected chi connectivity index (χ0v) is 14.4. The van der Waals surface area contributed by atoms with Crippen LogP contribution in [0.1, 0.15) is 19.8 Å². The molecule has 1 aliphatic heterocycles. The van der Waals surface area contributed by atoms with Gasteiger partial charge in [0.05, 0.1) is 18.3 Å². The van der Waals surface area contributed by atoms with Gasteiger partial charge in [-0.2, -0.15) is 5.26 Å². The number of aromatic nitrogens is 2. The van der Waals surface area contributed by atoms with Gasteiger partial charge in [-0.25, -0.2) is 4.85 Å². The third kappa shape index (κ3) is 3.01. The van der Waals surface area contributed by atoms with Crippen LogP contribution in [-0.2, 0) is 4.79 Å². The Bertz CT molecular complexity index is 874. The predicted molar refractivity (Wildman–Crippen MR) is 95.1 cm³/mol. The Hall–Kier alpha value is -3.06. The van der Waals surface area contributed by atoms with Crippen LogP contribution in [-0.4, -0.2) is 47.0 Å². The topological polar surface area (TPSA) is 80.4 Å². The fourth-order valence-corrected chi connectivity index (χ4v) is 3.56. The number of piperidine rings is 1. The largest absolute Gasteiger partial charge is 0.378 e. The van der Waals surface area contributed by atoms with E-state index in [0.717, 1.165) is 23.1 Å². The summed E-state index contributed by atoms with van der Waals surface area (Å²) in [7, 11) is 1.97. The summed E-state index contributed by atoms with van der Waals surface area (Å²) in [6, 6.07) is 3.94. The van der Waals surface area contributed by atoms with E-state index in [1.54, 1.807) is 11.1 Å². The van der Waals surface area contributed by atoms with Crippen LogP contribution >= 0.6 is 0 Å². The number of H-pyrrole nitrogens is 1. The van der Waals surface area contributed by atoms with Crippen LogP contribution < -0.4 is 4.90 Å². The highest BCUT2D eigenvalue weighted by molar-refractivity contribution is 5.97. The van der Waals surface area contributed by atoms with Crippen molar-refractivity contribution in [3.63, 3.8) is 0 Å². The summed E-state index contributed by atoms with van der Waals surface area (Å²) in [5.74, 6) is 0.247. The molecule has 1 saturated heterocycles. The number of nitrogens with one attached hydrogen (secondary N) is 1. The van der Waals surface area contributed by atoms with E-state index in [1.165, 1.54) is 0 Å². The van der Waals surface area contributed by atoms with Gasteiger partial charge >= 0.3 is 0 Å². The van der Waals surface area contributed by atoms with Gasteiger partial charge in [-0.1, -0.05) is 6.92 Å². The molecule has 2 aromatic rings. The number of anilines is 1. The van der Waals surface area contributed by atoms with Crippen molar-refractivity contribution in [3.8, 4) is 6.07 Å². The Labute approximate surface area is 146 Å². The van der Waals surface area contributed by atoms with Gasteiger partial charge in [0.1, 0.15) is 12.1 Å². The average Bonchev–Trinajstić information content (AvgIpc) is 3.09. The molecule has 2 aromatic heterocycles. The quantitative estimate of drug-likeness (QED) is 0.874. The molecule has 1 N–H and O–H groups in total. The van der Waals surface area contributed by atoms with E-state index >= 15 is 0 Å². The second kappa shape index (κ2) is 6.82. The van der Waals surface area contributed by atoms with Crippen LogP contribution in [0.3, 0.4) is 0 Å². The van der Waals surface area contributed by atoms with E-state index in [2.05, 4.69) is 26.6 Å². The van der Waals surface area contributed by atoms with E-state index in [1.807, 2.05) is 25.4 Å². The number of fused-ring (bicyclic) bond motifs is 1. The Balaban J connectivity index is 1.95. The summed E-state index contributed by atoms with van der Waals surface area (Å²) in [4.78, 5) is 27.0. The number of carbonyl (C=O) groups excluding carboxylic acids is 1. The van der Waals surface area contributed by atoms with Crippen LogP contribution in [0.15, 0.2) is 18.5 Å². The predicted octanol–water partition coefficient (Wildman–Crippen LogP) is 2.70. The van der Waals surface area contributed by atoms with Crippen LogP contribution in [0.4, 0.5) is 11.4 Å². The van der Waals surface area contributed by atoms with Crippen molar-refractivity contribution in [3.05, 3.63) is 29.9 Å². The monoisotopic (exact) mass is 336 g/mol. The summed E-state index contributed by atoms with van der Waals surface area (Å²) in [6.45, 7) is 10.9. The zero-order chi connectivity index (χ0) is 18.0. The van der Waals surface area contributed by atoms with Crippen LogP contribution in [0.25, 0.3) is 15.9 Å². The molecule has 0 aliphatic carbocycles. The smallest absolute Gasteiger partial charge is 0.236 e. The summed E-state index contributed by atoms with van der Waals surface area (Å²) < 4.78 is 0. The molecule has 7 heteroatoms. The maximum atomic E-state index is 12.1. The van der Waals surface area contributed by atoms with Crippen molar-refractivity contribution in [2.45, 2.75) is 25.8 Å². The van der Waals surface area contributed by atoms with Gasteiger partial charge in [0, 0.05) is 44.0 Å². The standard InChI is InChI=1S/C18H20N6O/c1-12-6-9-24(16(25)4-7-19)11-15(12)23(3)17-13-5-8-21-18(13)22-10-14(17)20-2/h5,8,10,12,15H,4,6,9,11H2,1,3H3,(H,21,22)/t12-,15?/m1/s1. The molecule has 0 spiro atoms. The molecule has 1 unspecified atom stereocenters. The van der Waals surface area contributed by atoms with Gasteiger partial charge in [0.15, 0.2) is 0 Å². The first-order chi connectivity index (χ1) is 12.1. The Kier molecular flexibility index (Phi) is 4.58. The summed E-state index contributed by atoms with van der Waals surface area (Å²) in [5.41, 5.74) is 2.09. The van der Waals surface area contributed by atoms with Gasteiger partial charge in [0.2, 0.25) is 11.6 Å². The number of nitrogens with zero attached hydrogens (tertiary/aromatic N) is 5. The van der Waals surface area contributed by atoms with Gasteiger partial charge in [-0.15, -0.1) is 0 Å². The fraction of sp³-hybridized carbons (Fsp3) is 0.444. The van der Waals surface area contributed by atoms with Crippen molar-refractivity contribution in [1.29, 1.82) is 5.26 Å². The fourth-order valence-electron chi connectivity index (χ4n) is 3.56. The normalized spacial score (nSPS) is 20.1. The molecule has 3 rings (SSSR count). The first kappa shape index (κ1) is 16.8. The van der Waals surface area contributed by atoms with Crippen molar-refractivity contribution in [2.75, 3.05) is 25.0 Å². The van der Waals surface area contributed by atoms with E-state index in [4.69, 9.17) is 11.8 Å². The van der Waals surface area contributed by atoms with Gasteiger partial charge in [-0.3, -0.25) is 9.78 Å². The maximum absolute atomic E-state index is 12.1. The lowest BCUT2D eigenvalue weighted by Crippen LogP contribution is -2.52. The summed E-state index contributed by atoms with van der Waals surface area (Å²) in [5, 5.41) is 9.69. The molecule has 128 valence electrons. The zero-order valence-electron chi connectivity index (χ0n) is 14.4. The molecule has 7 nitrogen and oxygen atoms in total.